The van der Waals surface area contributed by atoms with Gasteiger partial charge in [0.1, 0.15) is 0 Å². The van der Waals surface area contributed by atoms with E-state index in [-0.39, 0.29) is 7.43 Å². The molecular formula is C9H21N. The molecule has 0 saturated carbocycles. The van der Waals surface area contributed by atoms with Crippen molar-refractivity contribution in [1.82, 2.24) is 5.32 Å². The second-order valence-corrected chi connectivity index (χ2v) is 2.92. The molecule has 0 unspecified atom stereocenters. The lowest BCUT2D eigenvalue weighted by atomic mass is 10.2. The lowest BCUT2D eigenvalue weighted by molar-refractivity contribution is 0.693. The Hall–Kier alpha value is -0.460. The lowest BCUT2D eigenvalue weighted by Crippen LogP contribution is -2.15. The van der Waals surface area contributed by atoms with Crippen LogP contribution in [0.1, 0.15) is 35.1 Å². The molecule has 0 radical (unpaired) electrons. The van der Waals surface area contributed by atoms with Crippen LogP contribution in [0.2, 0.25) is 0 Å². The molecule has 1 N–H and O–H groups in total. The van der Waals surface area contributed by atoms with Crippen molar-refractivity contribution in [2.45, 2.75) is 41.2 Å². The minimum absolute atomic E-state index is 0. The fourth-order valence-corrected chi connectivity index (χ4v) is 0.440. The lowest BCUT2D eigenvalue weighted by Gasteiger charge is -2.02. The largest absolute Gasteiger partial charge is 0.389 e. The molecule has 0 amide bonds. The average Bonchev–Trinajstić information content (AvgIpc) is 1.63. The third-order valence-electron chi connectivity index (χ3n) is 0.911. The van der Waals surface area contributed by atoms with Gasteiger partial charge < -0.3 is 5.32 Å². The summed E-state index contributed by atoms with van der Waals surface area (Å²) >= 11 is 0. The zero-order valence-electron chi connectivity index (χ0n) is 6.81. The van der Waals surface area contributed by atoms with E-state index in [1.807, 2.05) is 6.20 Å². The third-order valence-corrected chi connectivity index (χ3v) is 0.911. The highest BCUT2D eigenvalue weighted by Crippen LogP contribution is 1.91. The fraction of sp³-hybridized carbons (Fsp3) is 0.778. The molecule has 0 aliphatic carbocycles. The zero-order chi connectivity index (χ0) is 7.28. The van der Waals surface area contributed by atoms with Gasteiger partial charge in [0, 0.05) is 6.04 Å². The van der Waals surface area contributed by atoms with Crippen molar-refractivity contribution < 1.29 is 0 Å². The summed E-state index contributed by atoms with van der Waals surface area (Å²) in [6.45, 7) is 8.59. The van der Waals surface area contributed by atoms with E-state index in [2.05, 4.69) is 39.1 Å². The van der Waals surface area contributed by atoms with Gasteiger partial charge in [0.05, 0.1) is 0 Å². The Bertz CT molecular complexity index is 82.7. The maximum absolute atomic E-state index is 3.20. The van der Waals surface area contributed by atoms with Gasteiger partial charge in [-0.3, -0.25) is 0 Å². The second-order valence-electron chi connectivity index (χ2n) is 2.92. The van der Waals surface area contributed by atoms with Gasteiger partial charge in [-0.2, -0.15) is 0 Å². The number of nitrogens with one attached hydrogen (secondary N) is 1. The summed E-state index contributed by atoms with van der Waals surface area (Å²) in [6.07, 6.45) is 4.18. The molecule has 10 heavy (non-hydrogen) atoms. The van der Waals surface area contributed by atoms with Crippen molar-refractivity contribution in [2.24, 2.45) is 5.92 Å². The normalized spacial score (nSPS) is 10.6. The quantitative estimate of drug-likeness (QED) is 0.640. The van der Waals surface area contributed by atoms with Gasteiger partial charge in [0.2, 0.25) is 0 Å². The number of rotatable bonds is 3. The number of hydrogen-bond acceptors (Lipinski definition) is 1. The van der Waals surface area contributed by atoms with Crippen LogP contribution in [0, 0.1) is 5.92 Å². The topological polar surface area (TPSA) is 12.0 Å². The summed E-state index contributed by atoms with van der Waals surface area (Å²) in [5.74, 6) is 0.649. The summed E-state index contributed by atoms with van der Waals surface area (Å²) in [4.78, 5) is 0. The first-order valence-corrected chi connectivity index (χ1v) is 3.55. The third kappa shape index (κ3) is 10.5. The Morgan fingerprint density at radius 1 is 1.10 bits per heavy atom. The van der Waals surface area contributed by atoms with Crippen molar-refractivity contribution in [3.63, 3.8) is 0 Å². The first kappa shape index (κ1) is 12.2. The first-order chi connectivity index (χ1) is 4.13. The predicted molar refractivity (Wildman–Crippen MR) is 49.0 cm³/mol. The maximum Gasteiger partial charge on any atom is 0.0199 e. The minimum atomic E-state index is 0. The number of allylic oxidation sites excluding steroid dienone is 1. The predicted octanol–water partition coefficient (Wildman–Crippen LogP) is 2.79. The Morgan fingerprint density at radius 2 is 1.60 bits per heavy atom. The molecule has 0 aromatic carbocycles. The van der Waals surface area contributed by atoms with E-state index in [4.69, 9.17) is 0 Å². The van der Waals surface area contributed by atoms with Crippen LogP contribution < -0.4 is 5.32 Å². The molecule has 0 aliphatic rings. The fourth-order valence-electron chi connectivity index (χ4n) is 0.440. The van der Waals surface area contributed by atoms with Gasteiger partial charge in [0.15, 0.2) is 0 Å². The summed E-state index contributed by atoms with van der Waals surface area (Å²) in [7, 11) is 0. The second kappa shape index (κ2) is 6.66. The molecule has 0 aliphatic heterocycles. The highest BCUT2D eigenvalue weighted by atomic mass is 14.9. The molecule has 0 spiro atoms. The summed E-state index contributed by atoms with van der Waals surface area (Å²) in [6, 6.07) is 0.556. The van der Waals surface area contributed by atoms with E-state index in [0.717, 1.165) is 0 Å². The molecule has 62 valence electrons. The van der Waals surface area contributed by atoms with Crippen molar-refractivity contribution in [3.05, 3.63) is 12.3 Å². The van der Waals surface area contributed by atoms with Crippen LogP contribution in [-0.4, -0.2) is 6.04 Å². The first-order valence-electron chi connectivity index (χ1n) is 3.55. The van der Waals surface area contributed by atoms with Crippen molar-refractivity contribution >= 4 is 0 Å². The molecular weight excluding hydrogens is 122 g/mol. The van der Waals surface area contributed by atoms with Crippen LogP contribution in [0.25, 0.3) is 0 Å². The van der Waals surface area contributed by atoms with Crippen LogP contribution in [0.15, 0.2) is 12.3 Å². The van der Waals surface area contributed by atoms with Crippen LogP contribution in [0.3, 0.4) is 0 Å². The summed E-state index contributed by atoms with van der Waals surface area (Å²) < 4.78 is 0. The molecule has 0 bridgehead atoms. The molecule has 0 saturated heterocycles. The van der Waals surface area contributed by atoms with Crippen LogP contribution in [0.5, 0.6) is 0 Å². The Balaban J connectivity index is 0. The van der Waals surface area contributed by atoms with Crippen molar-refractivity contribution in [3.8, 4) is 0 Å². The molecule has 0 fully saturated rings. The Morgan fingerprint density at radius 3 is 1.90 bits per heavy atom. The van der Waals surface area contributed by atoms with Gasteiger partial charge in [-0.1, -0.05) is 27.4 Å². The molecule has 0 aromatic heterocycles. The standard InChI is InChI=1S/C8H17N.CH4/c1-7(2)5-6-9-8(3)4;/h5-9H,1-4H3;1H4/b6-5+;. The minimum Gasteiger partial charge on any atom is -0.389 e. The van der Waals surface area contributed by atoms with Crippen LogP contribution in [0.4, 0.5) is 0 Å². The van der Waals surface area contributed by atoms with Gasteiger partial charge in [-0.25, -0.2) is 0 Å². The van der Waals surface area contributed by atoms with Gasteiger partial charge in [-0.15, -0.1) is 0 Å². The van der Waals surface area contributed by atoms with E-state index >= 15 is 0 Å². The molecule has 0 atom stereocenters. The van der Waals surface area contributed by atoms with E-state index in [0.29, 0.717) is 12.0 Å². The Labute approximate surface area is 65.5 Å². The molecule has 1 nitrogen and oxygen atoms in total. The molecule has 1 heteroatoms. The van der Waals surface area contributed by atoms with Crippen molar-refractivity contribution in [2.75, 3.05) is 0 Å². The zero-order valence-corrected chi connectivity index (χ0v) is 6.81. The van der Waals surface area contributed by atoms with E-state index in [9.17, 15) is 0 Å². The highest BCUT2D eigenvalue weighted by Gasteiger charge is 1.84. The monoisotopic (exact) mass is 143 g/mol. The molecule has 0 heterocycles. The Kier molecular flexibility index (Phi) is 8.15. The summed E-state index contributed by atoms with van der Waals surface area (Å²) in [5, 5.41) is 3.20. The van der Waals surface area contributed by atoms with E-state index in [1.165, 1.54) is 0 Å². The maximum atomic E-state index is 3.20. The smallest absolute Gasteiger partial charge is 0.0199 e. The molecule has 0 aromatic rings. The van der Waals surface area contributed by atoms with Crippen molar-refractivity contribution in [1.29, 1.82) is 0 Å². The summed E-state index contributed by atoms with van der Waals surface area (Å²) in [5.41, 5.74) is 0. The van der Waals surface area contributed by atoms with Gasteiger partial charge in [-0.05, 0) is 26.0 Å². The highest BCUT2D eigenvalue weighted by molar-refractivity contribution is 4.83. The van der Waals surface area contributed by atoms with E-state index in [1.54, 1.807) is 0 Å². The SMILES string of the molecule is C.CC(C)/C=C/NC(C)C. The van der Waals surface area contributed by atoms with E-state index < -0.39 is 0 Å². The van der Waals surface area contributed by atoms with Gasteiger partial charge in [0.25, 0.3) is 0 Å². The molecule has 0 rings (SSSR count). The average molecular weight is 143 g/mol. The number of hydrogen-bond donors (Lipinski definition) is 1. The van der Waals surface area contributed by atoms with Crippen LogP contribution in [-0.2, 0) is 0 Å². The van der Waals surface area contributed by atoms with Crippen LogP contribution >= 0.6 is 0 Å². The van der Waals surface area contributed by atoms with Gasteiger partial charge >= 0.3 is 0 Å².